The average Bonchev–Trinajstić information content (AvgIpc) is 3.21. The number of sulfonamides is 1. The van der Waals surface area contributed by atoms with E-state index in [9.17, 15) is 31.2 Å². The molecule has 0 spiro atoms. The summed E-state index contributed by atoms with van der Waals surface area (Å²) in [7, 11) is -3.87. The maximum atomic E-state index is 12.8. The van der Waals surface area contributed by atoms with Crippen molar-refractivity contribution in [2.75, 3.05) is 17.8 Å². The lowest BCUT2D eigenvalue weighted by Gasteiger charge is -2.24. The van der Waals surface area contributed by atoms with Gasteiger partial charge in [0, 0.05) is 17.8 Å². The van der Waals surface area contributed by atoms with E-state index in [1.165, 1.54) is 29.2 Å². The van der Waals surface area contributed by atoms with Gasteiger partial charge in [0.1, 0.15) is 12.6 Å². The molecular formula is C20H20F3N3O4S. The molecule has 1 saturated heterocycles. The molecule has 1 aliphatic rings. The molecule has 2 amide bonds. The molecular weight excluding hydrogens is 435 g/mol. The van der Waals surface area contributed by atoms with Gasteiger partial charge in [0.2, 0.25) is 5.91 Å². The van der Waals surface area contributed by atoms with E-state index in [1.54, 1.807) is 30.3 Å². The van der Waals surface area contributed by atoms with E-state index in [0.717, 1.165) is 0 Å². The van der Waals surface area contributed by atoms with Gasteiger partial charge in [-0.05, 0) is 49.2 Å². The minimum atomic E-state index is -4.54. The highest BCUT2D eigenvalue weighted by Gasteiger charge is 2.36. The summed E-state index contributed by atoms with van der Waals surface area (Å²) in [4.78, 5) is 26.0. The number of halogens is 3. The van der Waals surface area contributed by atoms with Gasteiger partial charge in [-0.2, -0.15) is 13.2 Å². The smallest absolute Gasteiger partial charge is 0.345 e. The summed E-state index contributed by atoms with van der Waals surface area (Å²) in [5.41, 5.74) is 0.515. The van der Waals surface area contributed by atoms with Crippen LogP contribution < -0.4 is 10.0 Å². The van der Waals surface area contributed by atoms with Crippen molar-refractivity contribution in [3.8, 4) is 0 Å². The second-order valence-electron chi connectivity index (χ2n) is 6.99. The second kappa shape index (κ2) is 8.96. The SMILES string of the molecule is O=C(NCC(F)(F)F)C1CCCN1C(=O)c1ccc(S(=O)(=O)Nc2ccccc2)cc1. The van der Waals surface area contributed by atoms with Crippen molar-refractivity contribution in [3.05, 3.63) is 60.2 Å². The maximum Gasteiger partial charge on any atom is 0.405 e. The zero-order valence-electron chi connectivity index (χ0n) is 16.2. The highest BCUT2D eigenvalue weighted by atomic mass is 32.2. The number of amides is 2. The molecule has 0 saturated carbocycles. The topological polar surface area (TPSA) is 95.6 Å². The molecule has 31 heavy (non-hydrogen) atoms. The summed E-state index contributed by atoms with van der Waals surface area (Å²) in [6.45, 7) is -1.25. The lowest BCUT2D eigenvalue weighted by Crippen LogP contribution is -2.48. The van der Waals surface area contributed by atoms with Gasteiger partial charge in [-0.25, -0.2) is 8.42 Å². The molecule has 1 atom stereocenters. The van der Waals surface area contributed by atoms with Gasteiger partial charge in [-0.15, -0.1) is 0 Å². The number of para-hydroxylation sites is 1. The van der Waals surface area contributed by atoms with Crippen molar-refractivity contribution in [2.24, 2.45) is 0 Å². The Hall–Kier alpha value is -3.08. The molecule has 2 aromatic carbocycles. The molecule has 1 heterocycles. The van der Waals surface area contributed by atoms with Gasteiger partial charge in [0.25, 0.3) is 15.9 Å². The highest BCUT2D eigenvalue weighted by Crippen LogP contribution is 2.22. The molecule has 1 unspecified atom stereocenters. The Morgan fingerprint density at radius 2 is 1.68 bits per heavy atom. The Kier molecular flexibility index (Phi) is 6.54. The number of hydrogen-bond donors (Lipinski definition) is 2. The summed E-state index contributed by atoms with van der Waals surface area (Å²) in [5.74, 6) is -1.42. The van der Waals surface area contributed by atoms with Crippen molar-refractivity contribution in [1.29, 1.82) is 0 Å². The van der Waals surface area contributed by atoms with Crippen LogP contribution in [0.25, 0.3) is 0 Å². The van der Waals surface area contributed by atoms with Crippen molar-refractivity contribution in [1.82, 2.24) is 10.2 Å². The number of carbonyl (C=O) groups is 2. The largest absolute Gasteiger partial charge is 0.405 e. The molecule has 0 bridgehead atoms. The zero-order chi connectivity index (χ0) is 22.6. The van der Waals surface area contributed by atoms with E-state index in [1.807, 2.05) is 5.32 Å². The number of nitrogens with one attached hydrogen (secondary N) is 2. The van der Waals surface area contributed by atoms with Crippen LogP contribution in [-0.4, -0.2) is 50.4 Å². The number of alkyl halides is 3. The van der Waals surface area contributed by atoms with Crippen LogP contribution in [0, 0.1) is 0 Å². The minimum Gasteiger partial charge on any atom is -0.345 e. The van der Waals surface area contributed by atoms with Gasteiger partial charge in [-0.3, -0.25) is 14.3 Å². The van der Waals surface area contributed by atoms with Crippen LogP contribution in [0.4, 0.5) is 18.9 Å². The maximum absolute atomic E-state index is 12.8. The number of anilines is 1. The number of hydrogen-bond acceptors (Lipinski definition) is 4. The van der Waals surface area contributed by atoms with E-state index in [2.05, 4.69) is 4.72 Å². The third-order valence-corrected chi connectivity index (χ3v) is 6.11. The van der Waals surface area contributed by atoms with E-state index < -0.39 is 40.6 Å². The normalized spacial score (nSPS) is 16.7. The summed E-state index contributed by atoms with van der Waals surface area (Å²) in [5, 5.41) is 1.81. The lowest BCUT2D eigenvalue weighted by atomic mass is 10.1. The Balaban J connectivity index is 1.70. The van der Waals surface area contributed by atoms with E-state index >= 15 is 0 Å². The standard InChI is InChI=1S/C20H20F3N3O4S/c21-20(22,23)13-24-18(27)17-7-4-12-26(17)19(28)14-8-10-16(11-9-14)31(29,30)25-15-5-2-1-3-6-15/h1-3,5-6,8-11,17,25H,4,7,12-13H2,(H,24,27). The van der Waals surface area contributed by atoms with Crippen LogP contribution in [-0.2, 0) is 14.8 Å². The first-order chi connectivity index (χ1) is 14.6. The molecule has 0 aliphatic carbocycles. The van der Waals surface area contributed by atoms with Gasteiger partial charge >= 0.3 is 6.18 Å². The predicted octanol–water partition coefficient (Wildman–Crippen LogP) is 2.77. The first-order valence-corrected chi connectivity index (χ1v) is 10.9. The second-order valence-corrected chi connectivity index (χ2v) is 8.67. The summed E-state index contributed by atoms with van der Waals surface area (Å²) < 4.78 is 64.4. The predicted molar refractivity (Wildman–Crippen MR) is 107 cm³/mol. The zero-order valence-corrected chi connectivity index (χ0v) is 17.0. The number of nitrogens with zero attached hydrogens (tertiary/aromatic N) is 1. The first-order valence-electron chi connectivity index (χ1n) is 9.40. The monoisotopic (exact) mass is 455 g/mol. The van der Waals surface area contributed by atoms with E-state index in [4.69, 9.17) is 0 Å². The number of rotatable bonds is 6. The summed E-state index contributed by atoms with van der Waals surface area (Å²) >= 11 is 0. The van der Waals surface area contributed by atoms with Crippen molar-refractivity contribution in [3.63, 3.8) is 0 Å². The Morgan fingerprint density at radius 1 is 1.03 bits per heavy atom. The Labute approximate surface area is 177 Å². The quantitative estimate of drug-likeness (QED) is 0.700. The summed E-state index contributed by atoms with van der Waals surface area (Å²) in [6.07, 6.45) is -3.82. The number of likely N-dealkylation sites (tertiary alicyclic amines) is 1. The van der Waals surface area contributed by atoms with Gasteiger partial charge in [0.05, 0.1) is 4.90 Å². The van der Waals surface area contributed by atoms with Crippen LogP contribution in [0.2, 0.25) is 0 Å². The van der Waals surface area contributed by atoms with Crippen molar-refractivity contribution in [2.45, 2.75) is 30.0 Å². The van der Waals surface area contributed by atoms with Gasteiger partial charge in [0.15, 0.2) is 0 Å². The summed E-state index contributed by atoms with van der Waals surface area (Å²) in [6, 6.07) is 12.4. The molecule has 0 aromatic heterocycles. The van der Waals surface area contributed by atoms with Crippen LogP contribution >= 0.6 is 0 Å². The van der Waals surface area contributed by atoms with Gasteiger partial charge < -0.3 is 10.2 Å². The van der Waals surface area contributed by atoms with E-state index in [0.29, 0.717) is 12.1 Å². The fraction of sp³-hybridized carbons (Fsp3) is 0.300. The fourth-order valence-electron chi connectivity index (χ4n) is 3.25. The van der Waals surface area contributed by atoms with Crippen LogP contribution in [0.1, 0.15) is 23.2 Å². The lowest BCUT2D eigenvalue weighted by molar-refractivity contribution is -0.140. The number of carbonyl (C=O) groups excluding carboxylic acids is 2. The third-order valence-electron chi connectivity index (χ3n) is 4.72. The van der Waals surface area contributed by atoms with Crippen molar-refractivity contribution >= 4 is 27.5 Å². The molecule has 1 fully saturated rings. The molecule has 0 radical (unpaired) electrons. The Morgan fingerprint density at radius 3 is 2.29 bits per heavy atom. The molecule has 166 valence electrons. The molecule has 1 aliphatic heterocycles. The highest BCUT2D eigenvalue weighted by molar-refractivity contribution is 7.92. The molecule has 2 N–H and O–H groups in total. The number of benzene rings is 2. The Bertz CT molecular complexity index is 1040. The molecule has 3 rings (SSSR count). The van der Waals surface area contributed by atoms with Crippen LogP contribution in [0.5, 0.6) is 0 Å². The average molecular weight is 455 g/mol. The first kappa shape index (κ1) is 22.6. The van der Waals surface area contributed by atoms with Crippen molar-refractivity contribution < 1.29 is 31.2 Å². The third kappa shape index (κ3) is 5.75. The molecule has 7 nitrogen and oxygen atoms in total. The molecule has 2 aromatic rings. The van der Waals surface area contributed by atoms with Gasteiger partial charge in [-0.1, -0.05) is 18.2 Å². The van der Waals surface area contributed by atoms with E-state index in [-0.39, 0.29) is 23.4 Å². The van der Waals surface area contributed by atoms with Crippen LogP contribution in [0.15, 0.2) is 59.5 Å². The fourth-order valence-corrected chi connectivity index (χ4v) is 4.31. The minimum absolute atomic E-state index is 0.0613. The molecule has 11 heteroatoms. The van der Waals surface area contributed by atoms with Crippen LogP contribution in [0.3, 0.4) is 0 Å².